The molecule has 0 aliphatic heterocycles. The van der Waals surface area contributed by atoms with Gasteiger partial charge in [-0.2, -0.15) is 5.10 Å². The van der Waals surface area contributed by atoms with Crippen molar-refractivity contribution in [2.24, 2.45) is 0 Å². The summed E-state index contributed by atoms with van der Waals surface area (Å²) in [6.07, 6.45) is -2.71. The van der Waals surface area contributed by atoms with Crippen molar-refractivity contribution in [3.05, 3.63) is 75.9 Å². The normalized spacial score (nSPS) is 11.3. The van der Waals surface area contributed by atoms with E-state index in [0.29, 0.717) is 32.7 Å². The maximum atomic E-state index is 13.8. The highest BCUT2D eigenvalue weighted by Crippen LogP contribution is 2.33. The highest BCUT2D eigenvalue weighted by molar-refractivity contribution is 6.42. The van der Waals surface area contributed by atoms with Gasteiger partial charge in [-0.25, -0.2) is 18.4 Å². The number of hydrogen-bond acceptors (Lipinski definition) is 3. The third-order valence-corrected chi connectivity index (χ3v) is 5.45. The Morgan fingerprint density at radius 1 is 1.10 bits per heavy atom. The van der Waals surface area contributed by atoms with Crippen LogP contribution >= 0.6 is 23.2 Å². The van der Waals surface area contributed by atoms with Crippen LogP contribution in [0.25, 0.3) is 22.3 Å². The summed E-state index contributed by atoms with van der Waals surface area (Å²) >= 11 is 11.9. The third-order valence-electron chi connectivity index (χ3n) is 4.71. The van der Waals surface area contributed by atoms with Crippen LogP contribution in [0.5, 0.6) is 0 Å². The molecule has 0 fully saturated rings. The Labute approximate surface area is 186 Å². The summed E-state index contributed by atoms with van der Waals surface area (Å²) in [5, 5.41) is 7.91. The highest BCUT2D eigenvalue weighted by atomic mass is 35.5. The van der Waals surface area contributed by atoms with Crippen molar-refractivity contribution < 1.29 is 13.6 Å². The number of halogens is 4. The van der Waals surface area contributed by atoms with E-state index >= 15 is 0 Å². The zero-order chi connectivity index (χ0) is 22.1. The van der Waals surface area contributed by atoms with Crippen LogP contribution in [-0.2, 0) is 11.3 Å². The molecule has 2 aromatic heterocycles. The van der Waals surface area contributed by atoms with E-state index in [4.69, 9.17) is 23.2 Å². The molecule has 1 N–H and O–H groups in total. The first-order chi connectivity index (χ1) is 14.8. The number of nitrogens with one attached hydrogen (secondary N) is 1. The molecule has 1 amide bonds. The Morgan fingerprint density at radius 3 is 2.52 bits per heavy atom. The van der Waals surface area contributed by atoms with Gasteiger partial charge < -0.3 is 5.32 Å². The van der Waals surface area contributed by atoms with E-state index in [1.807, 2.05) is 6.07 Å². The number of nitrogens with zero attached hydrogens (tertiary/aromatic N) is 3. The molecule has 0 aliphatic rings. The summed E-state index contributed by atoms with van der Waals surface area (Å²) in [5.41, 5.74) is 1.96. The molecule has 0 saturated carbocycles. The third kappa shape index (κ3) is 4.38. The first kappa shape index (κ1) is 21.2. The van der Waals surface area contributed by atoms with Crippen molar-refractivity contribution in [1.29, 1.82) is 0 Å². The second kappa shape index (κ2) is 8.61. The fourth-order valence-corrected chi connectivity index (χ4v) is 3.63. The van der Waals surface area contributed by atoms with E-state index in [9.17, 15) is 13.6 Å². The molecule has 4 aromatic rings. The molecule has 158 valence electrons. The number of alkyl halides is 2. The standard InChI is InChI=1S/C22H16Cl2F2N4O/c1-12-20-15(21(25)26)10-18(13-5-3-2-4-6-13)28-22(20)30(29-12)11-19(31)27-14-7-8-16(23)17(24)9-14/h2-10,21H,11H2,1H3,(H,27,31). The number of rotatable bonds is 5. The minimum absolute atomic E-state index is 0.169. The van der Waals surface area contributed by atoms with Crippen LogP contribution in [0.1, 0.15) is 17.7 Å². The molecular formula is C22H16Cl2F2N4O. The van der Waals surface area contributed by atoms with Crippen LogP contribution in [-0.4, -0.2) is 20.7 Å². The highest BCUT2D eigenvalue weighted by Gasteiger charge is 2.22. The number of carbonyl (C=O) groups excluding carboxylic acids is 1. The zero-order valence-corrected chi connectivity index (χ0v) is 17.8. The molecule has 5 nitrogen and oxygen atoms in total. The van der Waals surface area contributed by atoms with Crippen molar-refractivity contribution in [3.8, 4) is 11.3 Å². The van der Waals surface area contributed by atoms with Gasteiger partial charge in [0.15, 0.2) is 5.65 Å². The lowest BCUT2D eigenvalue weighted by molar-refractivity contribution is -0.116. The van der Waals surface area contributed by atoms with E-state index in [1.54, 1.807) is 43.3 Å². The van der Waals surface area contributed by atoms with E-state index in [1.165, 1.54) is 16.8 Å². The maximum absolute atomic E-state index is 13.8. The SMILES string of the molecule is Cc1nn(CC(=O)Nc2ccc(Cl)c(Cl)c2)c2nc(-c3ccccc3)cc(C(F)F)c12. The van der Waals surface area contributed by atoms with Gasteiger partial charge in [0.1, 0.15) is 6.54 Å². The van der Waals surface area contributed by atoms with Crippen molar-refractivity contribution in [2.45, 2.75) is 19.9 Å². The van der Waals surface area contributed by atoms with Crippen LogP contribution in [0, 0.1) is 6.92 Å². The molecule has 0 aliphatic carbocycles. The summed E-state index contributed by atoms with van der Waals surface area (Å²) in [6.45, 7) is 1.41. The Kier molecular flexibility index (Phi) is 5.89. The Morgan fingerprint density at radius 2 is 1.84 bits per heavy atom. The van der Waals surface area contributed by atoms with E-state index < -0.39 is 12.3 Å². The Balaban J connectivity index is 1.73. The molecule has 0 bridgehead atoms. The first-order valence-corrected chi connectivity index (χ1v) is 10.1. The number of pyridine rings is 1. The molecule has 2 aromatic carbocycles. The van der Waals surface area contributed by atoms with Gasteiger partial charge in [-0.15, -0.1) is 0 Å². The molecule has 2 heterocycles. The average Bonchev–Trinajstić information content (AvgIpc) is 3.05. The lowest BCUT2D eigenvalue weighted by atomic mass is 10.1. The number of anilines is 1. The molecular weight excluding hydrogens is 445 g/mol. The van der Waals surface area contributed by atoms with Crippen molar-refractivity contribution >= 4 is 45.8 Å². The topological polar surface area (TPSA) is 59.8 Å². The van der Waals surface area contributed by atoms with Crippen LogP contribution in [0.3, 0.4) is 0 Å². The molecule has 0 spiro atoms. The Hall–Kier alpha value is -3.03. The second-order valence-corrected chi connectivity index (χ2v) is 7.70. The lowest BCUT2D eigenvalue weighted by Crippen LogP contribution is -2.19. The summed E-state index contributed by atoms with van der Waals surface area (Å²) < 4.78 is 29.0. The minimum Gasteiger partial charge on any atom is -0.324 e. The van der Waals surface area contributed by atoms with Gasteiger partial charge in [0.05, 0.1) is 26.8 Å². The maximum Gasteiger partial charge on any atom is 0.264 e. The predicted octanol–water partition coefficient (Wildman–Crippen LogP) is 6.29. The predicted molar refractivity (Wildman–Crippen MR) is 118 cm³/mol. The Bertz CT molecular complexity index is 1280. The van der Waals surface area contributed by atoms with E-state index in [0.717, 1.165) is 0 Å². The van der Waals surface area contributed by atoms with Crippen LogP contribution < -0.4 is 5.32 Å². The molecule has 0 unspecified atom stereocenters. The monoisotopic (exact) mass is 460 g/mol. The molecule has 31 heavy (non-hydrogen) atoms. The number of fused-ring (bicyclic) bond motifs is 1. The van der Waals surface area contributed by atoms with Gasteiger partial charge in [-0.3, -0.25) is 4.79 Å². The van der Waals surface area contributed by atoms with Gasteiger partial charge in [0.25, 0.3) is 6.43 Å². The molecule has 4 rings (SSSR count). The summed E-state index contributed by atoms with van der Waals surface area (Å²) in [7, 11) is 0. The molecule has 0 saturated heterocycles. The van der Waals surface area contributed by atoms with Crippen LogP contribution in [0.15, 0.2) is 54.6 Å². The summed E-state index contributed by atoms with van der Waals surface area (Å²) in [5.74, 6) is -0.409. The van der Waals surface area contributed by atoms with Crippen molar-refractivity contribution in [3.63, 3.8) is 0 Å². The summed E-state index contributed by atoms with van der Waals surface area (Å²) in [6, 6.07) is 15.1. The number of aryl methyl sites for hydroxylation is 1. The van der Waals surface area contributed by atoms with E-state index in [-0.39, 0.29) is 23.1 Å². The van der Waals surface area contributed by atoms with Gasteiger partial charge >= 0.3 is 0 Å². The zero-order valence-electron chi connectivity index (χ0n) is 16.2. The van der Waals surface area contributed by atoms with Crippen LogP contribution in [0.4, 0.5) is 14.5 Å². The van der Waals surface area contributed by atoms with Crippen LogP contribution in [0.2, 0.25) is 10.0 Å². The smallest absolute Gasteiger partial charge is 0.264 e. The fourth-order valence-electron chi connectivity index (χ4n) is 3.34. The number of amides is 1. The van der Waals surface area contributed by atoms with Gasteiger partial charge in [0.2, 0.25) is 5.91 Å². The number of aromatic nitrogens is 3. The van der Waals surface area contributed by atoms with Gasteiger partial charge in [-0.1, -0.05) is 53.5 Å². The molecule has 0 radical (unpaired) electrons. The van der Waals surface area contributed by atoms with E-state index in [2.05, 4.69) is 15.4 Å². The fraction of sp³-hybridized carbons (Fsp3) is 0.136. The van der Waals surface area contributed by atoms with Crippen molar-refractivity contribution in [2.75, 3.05) is 5.32 Å². The van der Waals surface area contributed by atoms with Gasteiger partial charge in [0, 0.05) is 16.8 Å². The quantitative estimate of drug-likeness (QED) is 0.380. The number of hydrogen-bond donors (Lipinski definition) is 1. The minimum atomic E-state index is -2.71. The molecule has 0 atom stereocenters. The number of benzene rings is 2. The van der Waals surface area contributed by atoms with Crippen molar-refractivity contribution in [1.82, 2.24) is 14.8 Å². The van der Waals surface area contributed by atoms with Gasteiger partial charge in [-0.05, 0) is 31.2 Å². The first-order valence-electron chi connectivity index (χ1n) is 9.30. The lowest BCUT2D eigenvalue weighted by Gasteiger charge is -2.09. The largest absolute Gasteiger partial charge is 0.324 e. The summed E-state index contributed by atoms with van der Waals surface area (Å²) in [4.78, 5) is 17.1. The second-order valence-electron chi connectivity index (χ2n) is 6.88. The molecule has 9 heteroatoms. The average molecular weight is 461 g/mol. The number of carbonyl (C=O) groups is 1.